The van der Waals surface area contributed by atoms with Gasteiger partial charge >= 0.3 is 5.97 Å². The molecule has 0 radical (unpaired) electrons. The molecule has 2 fully saturated rings. The van der Waals surface area contributed by atoms with Gasteiger partial charge in [-0.05, 0) is 50.0 Å². The fourth-order valence-electron chi connectivity index (χ4n) is 4.62. The number of nitrogens with zero attached hydrogens (tertiary/aromatic N) is 1. The van der Waals surface area contributed by atoms with Gasteiger partial charge in [0.15, 0.2) is 0 Å². The van der Waals surface area contributed by atoms with Gasteiger partial charge in [-0.15, -0.1) is 0 Å². The van der Waals surface area contributed by atoms with Gasteiger partial charge in [-0.1, -0.05) is 40.5 Å². The molecular formula is C18H33NO2. The predicted molar refractivity (Wildman–Crippen MR) is 86.4 cm³/mol. The van der Waals surface area contributed by atoms with Crippen molar-refractivity contribution in [2.45, 2.75) is 78.7 Å². The van der Waals surface area contributed by atoms with E-state index < -0.39 is 11.4 Å². The molecule has 2 rings (SSSR count). The van der Waals surface area contributed by atoms with Crippen molar-refractivity contribution in [3.05, 3.63) is 0 Å². The summed E-state index contributed by atoms with van der Waals surface area (Å²) in [5.41, 5.74) is -0.182. The van der Waals surface area contributed by atoms with E-state index in [1.165, 1.54) is 25.7 Å². The summed E-state index contributed by atoms with van der Waals surface area (Å²) in [6.07, 6.45) is 7.84. The van der Waals surface area contributed by atoms with Crippen LogP contribution in [0.4, 0.5) is 0 Å². The highest BCUT2D eigenvalue weighted by Crippen LogP contribution is 2.43. The average Bonchev–Trinajstić information content (AvgIpc) is 2.46. The van der Waals surface area contributed by atoms with E-state index in [1.807, 2.05) is 6.92 Å². The summed E-state index contributed by atoms with van der Waals surface area (Å²) in [5, 5.41) is 9.70. The molecule has 0 aromatic heterocycles. The van der Waals surface area contributed by atoms with Gasteiger partial charge in [0.2, 0.25) is 0 Å². The van der Waals surface area contributed by atoms with E-state index in [0.29, 0.717) is 17.4 Å². The second-order valence-corrected chi connectivity index (χ2v) is 8.34. The van der Waals surface area contributed by atoms with Crippen LogP contribution in [-0.2, 0) is 4.79 Å². The topological polar surface area (TPSA) is 40.5 Å². The lowest BCUT2D eigenvalue weighted by Gasteiger charge is -2.50. The van der Waals surface area contributed by atoms with Gasteiger partial charge in [0.25, 0.3) is 0 Å². The molecule has 1 aliphatic heterocycles. The standard InChI is InChI=1S/C18H33NO2/c1-5-18(16(20)21)11-8-12-19(13-18)15-10-7-6-9-14(15)17(2,3)4/h14-15H,5-13H2,1-4H3,(H,20,21). The molecule has 3 unspecified atom stereocenters. The van der Waals surface area contributed by atoms with Crippen LogP contribution in [0.25, 0.3) is 0 Å². The van der Waals surface area contributed by atoms with Gasteiger partial charge in [0, 0.05) is 12.6 Å². The van der Waals surface area contributed by atoms with E-state index in [4.69, 9.17) is 0 Å². The van der Waals surface area contributed by atoms with Crippen LogP contribution in [0.2, 0.25) is 0 Å². The number of carboxylic acid groups (broad SMARTS) is 1. The minimum Gasteiger partial charge on any atom is -0.481 e. The molecule has 3 nitrogen and oxygen atoms in total. The quantitative estimate of drug-likeness (QED) is 0.849. The number of hydrogen-bond acceptors (Lipinski definition) is 2. The smallest absolute Gasteiger partial charge is 0.310 e. The second kappa shape index (κ2) is 6.28. The first-order chi connectivity index (χ1) is 9.80. The van der Waals surface area contributed by atoms with Crippen molar-refractivity contribution in [1.82, 2.24) is 4.90 Å². The summed E-state index contributed by atoms with van der Waals surface area (Å²) in [4.78, 5) is 14.3. The van der Waals surface area contributed by atoms with Crippen molar-refractivity contribution in [3.63, 3.8) is 0 Å². The molecule has 3 heteroatoms. The summed E-state index contributed by atoms with van der Waals surface area (Å²) in [6.45, 7) is 10.9. The van der Waals surface area contributed by atoms with Gasteiger partial charge < -0.3 is 5.11 Å². The van der Waals surface area contributed by atoms with Crippen LogP contribution in [-0.4, -0.2) is 35.1 Å². The minimum absolute atomic E-state index is 0.320. The summed E-state index contributed by atoms with van der Waals surface area (Å²) in [7, 11) is 0. The molecule has 0 amide bonds. The van der Waals surface area contributed by atoms with Crippen molar-refractivity contribution < 1.29 is 9.90 Å². The van der Waals surface area contributed by atoms with Crippen LogP contribution < -0.4 is 0 Å². The Labute approximate surface area is 130 Å². The van der Waals surface area contributed by atoms with Gasteiger partial charge in [-0.2, -0.15) is 0 Å². The maximum Gasteiger partial charge on any atom is 0.310 e. The normalized spacial score (nSPS) is 35.6. The summed E-state index contributed by atoms with van der Waals surface area (Å²) >= 11 is 0. The van der Waals surface area contributed by atoms with E-state index >= 15 is 0 Å². The molecule has 122 valence electrons. The maximum absolute atomic E-state index is 11.8. The molecular weight excluding hydrogens is 262 g/mol. The number of carboxylic acids is 1. The molecule has 1 saturated carbocycles. The van der Waals surface area contributed by atoms with Crippen LogP contribution in [0.3, 0.4) is 0 Å². The molecule has 3 atom stereocenters. The van der Waals surface area contributed by atoms with Gasteiger partial charge in [-0.3, -0.25) is 9.69 Å². The molecule has 21 heavy (non-hydrogen) atoms. The zero-order valence-electron chi connectivity index (χ0n) is 14.3. The molecule has 1 aliphatic carbocycles. The van der Waals surface area contributed by atoms with Crippen molar-refractivity contribution in [2.24, 2.45) is 16.7 Å². The van der Waals surface area contributed by atoms with Gasteiger partial charge in [0.05, 0.1) is 5.41 Å². The highest BCUT2D eigenvalue weighted by molar-refractivity contribution is 5.75. The Morgan fingerprint density at radius 2 is 1.90 bits per heavy atom. The van der Waals surface area contributed by atoms with Crippen molar-refractivity contribution in [3.8, 4) is 0 Å². The zero-order chi connectivity index (χ0) is 15.7. The Morgan fingerprint density at radius 1 is 1.24 bits per heavy atom. The molecule has 2 aliphatic rings. The lowest BCUT2D eigenvalue weighted by molar-refractivity contribution is -0.154. The van der Waals surface area contributed by atoms with Crippen molar-refractivity contribution in [1.29, 1.82) is 0 Å². The molecule has 1 saturated heterocycles. The number of aliphatic carboxylic acids is 1. The SMILES string of the molecule is CCC1(C(=O)O)CCCN(C2CCCCC2C(C)(C)C)C1. The van der Waals surface area contributed by atoms with Crippen LogP contribution in [0.1, 0.15) is 72.6 Å². The molecule has 0 aromatic carbocycles. The summed E-state index contributed by atoms with van der Waals surface area (Å²) < 4.78 is 0. The van der Waals surface area contributed by atoms with Crippen molar-refractivity contribution >= 4 is 5.97 Å². The number of likely N-dealkylation sites (tertiary alicyclic amines) is 1. The number of piperidine rings is 1. The zero-order valence-corrected chi connectivity index (χ0v) is 14.3. The van der Waals surface area contributed by atoms with Crippen LogP contribution >= 0.6 is 0 Å². The predicted octanol–water partition coefficient (Wildman–Crippen LogP) is 4.17. The Hall–Kier alpha value is -0.570. The Balaban J connectivity index is 2.17. The fourth-order valence-corrected chi connectivity index (χ4v) is 4.62. The lowest BCUT2D eigenvalue weighted by Crippen LogP contribution is -2.55. The fraction of sp³-hybridized carbons (Fsp3) is 0.944. The molecule has 0 aromatic rings. The second-order valence-electron chi connectivity index (χ2n) is 8.34. The maximum atomic E-state index is 11.8. The lowest BCUT2D eigenvalue weighted by atomic mass is 9.67. The number of hydrogen-bond donors (Lipinski definition) is 1. The Kier molecular flexibility index (Phi) is 5.02. The van der Waals surface area contributed by atoms with E-state index in [1.54, 1.807) is 0 Å². The van der Waals surface area contributed by atoms with E-state index in [0.717, 1.165) is 32.4 Å². The molecule has 1 N–H and O–H groups in total. The van der Waals surface area contributed by atoms with E-state index in [2.05, 4.69) is 25.7 Å². The van der Waals surface area contributed by atoms with Gasteiger partial charge in [-0.25, -0.2) is 0 Å². The third-order valence-electron chi connectivity index (χ3n) is 6.05. The van der Waals surface area contributed by atoms with Gasteiger partial charge in [0.1, 0.15) is 0 Å². The first kappa shape index (κ1) is 16.8. The monoisotopic (exact) mass is 295 g/mol. The summed E-state index contributed by atoms with van der Waals surface area (Å²) in [5.74, 6) is 0.116. The minimum atomic E-state index is -0.585. The van der Waals surface area contributed by atoms with Crippen LogP contribution in [0.5, 0.6) is 0 Å². The third kappa shape index (κ3) is 3.44. The number of rotatable bonds is 3. The average molecular weight is 295 g/mol. The molecule has 0 spiro atoms. The van der Waals surface area contributed by atoms with Crippen LogP contribution in [0, 0.1) is 16.7 Å². The first-order valence-electron chi connectivity index (χ1n) is 8.77. The van der Waals surface area contributed by atoms with Crippen molar-refractivity contribution in [2.75, 3.05) is 13.1 Å². The molecule has 1 heterocycles. The number of carbonyl (C=O) groups is 1. The Morgan fingerprint density at radius 3 is 2.48 bits per heavy atom. The van der Waals surface area contributed by atoms with E-state index in [-0.39, 0.29) is 0 Å². The highest BCUT2D eigenvalue weighted by atomic mass is 16.4. The highest BCUT2D eigenvalue weighted by Gasteiger charge is 2.45. The largest absolute Gasteiger partial charge is 0.481 e. The van der Waals surface area contributed by atoms with E-state index in [9.17, 15) is 9.90 Å². The van der Waals surface area contributed by atoms with Crippen LogP contribution in [0.15, 0.2) is 0 Å². The molecule has 0 bridgehead atoms. The third-order valence-corrected chi connectivity index (χ3v) is 6.05. The Bertz CT molecular complexity index is 374. The summed E-state index contributed by atoms with van der Waals surface area (Å²) in [6, 6.07) is 0.587. The first-order valence-corrected chi connectivity index (χ1v) is 8.77.